The average Bonchev–Trinajstić information content (AvgIpc) is 3.31. The molecule has 1 fully saturated rings. The Morgan fingerprint density at radius 3 is 2.24 bits per heavy atom. The van der Waals surface area contributed by atoms with E-state index < -0.39 is 17.4 Å². The fourth-order valence-electron chi connectivity index (χ4n) is 6.08. The molecule has 1 N–H and O–H groups in total. The van der Waals surface area contributed by atoms with Crippen LogP contribution in [0.15, 0.2) is 72.2 Å². The van der Waals surface area contributed by atoms with E-state index in [9.17, 15) is 17.6 Å². The van der Waals surface area contributed by atoms with Crippen LogP contribution < -0.4 is 9.47 Å². The van der Waals surface area contributed by atoms with Gasteiger partial charge < -0.3 is 14.4 Å². The SMILES string of the molecule is C=CC(SC(=N)N1CCN(Cc2ccc(OC)c(OC)c2)CC1)=C(C)c1ccc(C)c(C)c1.CC1Cc2ccc(C(F)(F)F)cc2C1(C)F. The molecule has 2 aliphatic rings. The van der Waals surface area contributed by atoms with Gasteiger partial charge in [0.05, 0.1) is 19.8 Å². The summed E-state index contributed by atoms with van der Waals surface area (Å²) in [5.74, 6) is 1.24. The molecular formula is C39H47F4N3O2S. The highest BCUT2D eigenvalue weighted by Gasteiger charge is 2.42. The number of hydrogen-bond acceptors (Lipinski definition) is 5. The van der Waals surface area contributed by atoms with Crippen LogP contribution in [0.2, 0.25) is 0 Å². The molecule has 1 saturated heterocycles. The summed E-state index contributed by atoms with van der Waals surface area (Å²) in [7, 11) is 3.32. The van der Waals surface area contributed by atoms with Crippen LogP contribution in [-0.4, -0.2) is 55.4 Å². The molecule has 0 radical (unpaired) electrons. The number of thioether (sulfide) groups is 1. The molecule has 10 heteroatoms. The minimum Gasteiger partial charge on any atom is -0.493 e. The van der Waals surface area contributed by atoms with Crippen molar-refractivity contribution in [3.63, 3.8) is 0 Å². The van der Waals surface area contributed by atoms with E-state index in [1.807, 2.05) is 18.2 Å². The lowest BCUT2D eigenvalue weighted by atomic mass is 9.92. The summed E-state index contributed by atoms with van der Waals surface area (Å²) in [4.78, 5) is 5.61. The van der Waals surface area contributed by atoms with E-state index in [4.69, 9.17) is 14.9 Å². The lowest BCUT2D eigenvalue weighted by Crippen LogP contribution is -2.47. The molecule has 5 rings (SSSR count). The monoisotopic (exact) mass is 697 g/mol. The average molecular weight is 698 g/mol. The highest BCUT2D eigenvalue weighted by atomic mass is 32.2. The molecule has 1 aliphatic carbocycles. The van der Waals surface area contributed by atoms with Gasteiger partial charge in [0.1, 0.15) is 5.67 Å². The number of allylic oxidation sites excluding steroid dienone is 2. The first-order chi connectivity index (χ1) is 23.1. The molecule has 0 amide bonds. The number of methoxy groups -OCH3 is 2. The number of benzene rings is 3. The molecule has 0 bridgehead atoms. The maximum absolute atomic E-state index is 14.2. The molecule has 264 valence electrons. The summed E-state index contributed by atoms with van der Waals surface area (Å²) < 4.78 is 62.4. The first-order valence-electron chi connectivity index (χ1n) is 16.3. The van der Waals surface area contributed by atoms with Gasteiger partial charge in [0, 0.05) is 37.6 Å². The van der Waals surface area contributed by atoms with Gasteiger partial charge >= 0.3 is 6.18 Å². The molecule has 3 aromatic rings. The van der Waals surface area contributed by atoms with E-state index in [-0.39, 0.29) is 11.5 Å². The van der Waals surface area contributed by atoms with Crippen LogP contribution in [-0.2, 0) is 24.8 Å². The van der Waals surface area contributed by atoms with Crippen molar-refractivity contribution in [1.29, 1.82) is 5.41 Å². The molecule has 1 aliphatic heterocycles. The number of ether oxygens (including phenoxy) is 2. The number of nitrogens with one attached hydrogen (secondary N) is 1. The third kappa shape index (κ3) is 9.08. The summed E-state index contributed by atoms with van der Waals surface area (Å²) in [6.45, 7) is 17.8. The van der Waals surface area contributed by atoms with E-state index in [2.05, 4.69) is 61.4 Å². The molecule has 2 atom stereocenters. The number of piperazine rings is 1. The predicted octanol–water partition coefficient (Wildman–Crippen LogP) is 9.81. The number of fused-ring (bicyclic) bond motifs is 1. The molecule has 2 unspecified atom stereocenters. The first-order valence-corrected chi connectivity index (χ1v) is 17.2. The lowest BCUT2D eigenvalue weighted by Gasteiger charge is -2.36. The van der Waals surface area contributed by atoms with Crippen molar-refractivity contribution < 1.29 is 27.0 Å². The van der Waals surface area contributed by atoms with Crippen molar-refractivity contribution in [2.24, 2.45) is 5.92 Å². The van der Waals surface area contributed by atoms with Crippen LogP contribution in [0.3, 0.4) is 0 Å². The Hall–Kier alpha value is -3.76. The molecule has 1 heterocycles. The standard InChI is InChI=1S/C27H35N3O2S.C12H12F4/c1-7-26(21(4)23-10-8-19(2)20(3)16-23)33-27(28)30-14-12-29(13-15-30)18-22-9-11-24(31-5)25(17-22)32-6;1-7-5-8-3-4-9(12(14,15)16)6-10(8)11(7,2)13/h7-11,16-17,28H,1,12-15,18H2,2-6H3;3-4,6-7H,5H2,1-2H3. The van der Waals surface area contributed by atoms with Crippen LogP contribution >= 0.6 is 11.8 Å². The van der Waals surface area contributed by atoms with Crippen LogP contribution in [0, 0.1) is 25.2 Å². The van der Waals surface area contributed by atoms with Gasteiger partial charge in [0.15, 0.2) is 16.7 Å². The zero-order valence-electron chi connectivity index (χ0n) is 29.4. The Morgan fingerprint density at radius 1 is 0.980 bits per heavy atom. The second-order valence-electron chi connectivity index (χ2n) is 12.9. The molecule has 49 heavy (non-hydrogen) atoms. The summed E-state index contributed by atoms with van der Waals surface area (Å²) in [6, 6.07) is 16.0. The zero-order chi connectivity index (χ0) is 36.1. The minimum atomic E-state index is -4.41. The van der Waals surface area contributed by atoms with E-state index in [1.54, 1.807) is 21.1 Å². The second-order valence-corrected chi connectivity index (χ2v) is 13.9. The van der Waals surface area contributed by atoms with Gasteiger partial charge in [-0.3, -0.25) is 10.3 Å². The van der Waals surface area contributed by atoms with E-state index >= 15 is 0 Å². The Bertz CT molecular complexity index is 1690. The van der Waals surface area contributed by atoms with Crippen LogP contribution in [0.25, 0.3) is 5.57 Å². The summed E-state index contributed by atoms with van der Waals surface area (Å²) >= 11 is 1.50. The van der Waals surface area contributed by atoms with Gasteiger partial charge in [-0.15, -0.1) is 0 Å². The normalized spacial score (nSPS) is 19.7. The number of amidine groups is 1. The van der Waals surface area contributed by atoms with Crippen molar-refractivity contribution in [2.75, 3.05) is 40.4 Å². The third-order valence-corrected chi connectivity index (χ3v) is 10.8. The van der Waals surface area contributed by atoms with E-state index in [0.717, 1.165) is 66.8 Å². The molecule has 0 saturated carbocycles. The molecule has 0 aromatic heterocycles. The molecular weight excluding hydrogens is 651 g/mol. The van der Waals surface area contributed by atoms with Crippen LogP contribution in [0.5, 0.6) is 11.5 Å². The minimum absolute atomic E-state index is 0.190. The lowest BCUT2D eigenvalue weighted by molar-refractivity contribution is -0.137. The van der Waals surface area contributed by atoms with E-state index in [1.165, 1.54) is 47.0 Å². The number of halogens is 4. The predicted molar refractivity (Wildman–Crippen MR) is 193 cm³/mol. The maximum atomic E-state index is 14.2. The van der Waals surface area contributed by atoms with Gasteiger partial charge in [-0.2, -0.15) is 13.2 Å². The Labute approximate surface area is 292 Å². The Balaban J connectivity index is 0.000000281. The highest BCUT2D eigenvalue weighted by Crippen LogP contribution is 2.46. The zero-order valence-corrected chi connectivity index (χ0v) is 30.2. The summed E-state index contributed by atoms with van der Waals surface area (Å²) in [6.07, 6.45) is -2.03. The van der Waals surface area contributed by atoms with Gasteiger partial charge in [-0.1, -0.05) is 61.7 Å². The third-order valence-electron chi connectivity index (χ3n) is 9.63. The largest absolute Gasteiger partial charge is 0.493 e. The quantitative estimate of drug-likeness (QED) is 0.115. The number of alkyl halides is 4. The van der Waals surface area contributed by atoms with Crippen molar-refractivity contribution in [3.8, 4) is 11.5 Å². The number of aryl methyl sites for hydroxylation is 2. The van der Waals surface area contributed by atoms with Crippen LogP contribution in [0.1, 0.15) is 59.7 Å². The number of hydrogen-bond donors (Lipinski definition) is 1. The summed E-state index contributed by atoms with van der Waals surface area (Å²) in [5.41, 5.74) is 4.56. The Kier molecular flexibility index (Phi) is 12.3. The summed E-state index contributed by atoms with van der Waals surface area (Å²) in [5, 5.41) is 9.27. The maximum Gasteiger partial charge on any atom is 0.416 e. The number of nitrogens with zero attached hydrogens (tertiary/aromatic N) is 2. The van der Waals surface area contributed by atoms with Gasteiger partial charge in [-0.05, 0) is 103 Å². The smallest absolute Gasteiger partial charge is 0.416 e. The molecule has 0 spiro atoms. The molecule has 5 nitrogen and oxygen atoms in total. The second kappa shape index (κ2) is 15.9. The van der Waals surface area contributed by atoms with Gasteiger partial charge in [-0.25, -0.2) is 4.39 Å². The highest BCUT2D eigenvalue weighted by molar-refractivity contribution is 8.17. The fraction of sp³-hybridized carbons (Fsp3) is 0.410. The van der Waals surface area contributed by atoms with Crippen molar-refractivity contribution >= 4 is 22.5 Å². The van der Waals surface area contributed by atoms with Crippen molar-refractivity contribution in [1.82, 2.24) is 9.80 Å². The fourth-order valence-corrected chi connectivity index (χ4v) is 6.95. The van der Waals surface area contributed by atoms with E-state index in [0.29, 0.717) is 17.2 Å². The van der Waals surface area contributed by atoms with Gasteiger partial charge in [0.2, 0.25) is 0 Å². The van der Waals surface area contributed by atoms with Crippen molar-refractivity contribution in [3.05, 3.63) is 111 Å². The topological polar surface area (TPSA) is 48.8 Å². The number of rotatable bonds is 7. The van der Waals surface area contributed by atoms with Crippen LogP contribution in [0.4, 0.5) is 17.6 Å². The molecule has 3 aromatic carbocycles. The van der Waals surface area contributed by atoms with Crippen molar-refractivity contribution in [2.45, 2.75) is 59.4 Å². The first kappa shape index (κ1) is 38.0. The van der Waals surface area contributed by atoms with Gasteiger partial charge in [0.25, 0.3) is 0 Å². The Morgan fingerprint density at radius 2 is 1.65 bits per heavy atom.